The maximum absolute atomic E-state index is 5.29. The maximum Gasteiger partial charge on any atom is 0.185 e. The van der Waals surface area contributed by atoms with E-state index in [-0.39, 0.29) is 0 Å². The predicted molar refractivity (Wildman–Crippen MR) is 418 cm³/mol. The summed E-state index contributed by atoms with van der Waals surface area (Å²) in [5.74, 6) is 12.8. The summed E-state index contributed by atoms with van der Waals surface area (Å²) in [4.78, 5) is 33.8. The molecule has 8 heterocycles. The third-order valence-electron chi connectivity index (χ3n) is 12.6. The molecular weight excluding hydrogens is 1170 g/mol. The van der Waals surface area contributed by atoms with E-state index >= 15 is 0 Å². The average Bonchev–Trinajstić information content (AvgIpc) is 3.61. The van der Waals surface area contributed by atoms with Crippen LogP contribution in [0.4, 0.5) is 0 Å². The van der Waals surface area contributed by atoms with E-state index in [4.69, 9.17) is 18.9 Å². The Labute approximate surface area is 568 Å². The van der Waals surface area contributed by atoms with Gasteiger partial charge in [-0.3, -0.25) is 39.9 Å². The van der Waals surface area contributed by atoms with E-state index in [1.807, 2.05) is 174 Å². The van der Waals surface area contributed by atoms with Crippen molar-refractivity contribution in [2.45, 2.75) is 284 Å². The van der Waals surface area contributed by atoms with Crippen LogP contribution in [0.15, 0.2) is 39.9 Å². The van der Waals surface area contributed by atoms with Gasteiger partial charge in [-0.15, -0.1) is 47.0 Å². The Kier molecular flexibility index (Phi) is 94.0. The van der Waals surface area contributed by atoms with Crippen molar-refractivity contribution in [1.29, 1.82) is 0 Å². The van der Waals surface area contributed by atoms with Gasteiger partial charge in [0.05, 0.1) is 59.6 Å². The molecule has 88 heavy (non-hydrogen) atoms. The van der Waals surface area contributed by atoms with Crippen LogP contribution >= 0.6 is 47.0 Å². The highest BCUT2D eigenvalue weighted by molar-refractivity contribution is 8.14. The van der Waals surface area contributed by atoms with Gasteiger partial charge >= 0.3 is 0 Å². The van der Waals surface area contributed by atoms with Crippen molar-refractivity contribution in [3.05, 3.63) is 0 Å². The third-order valence-corrected chi connectivity index (χ3v) is 16.4. The van der Waals surface area contributed by atoms with Gasteiger partial charge in [-0.25, -0.2) is 0 Å². The lowest BCUT2D eigenvalue weighted by molar-refractivity contribution is 0.130. The zero-order valence-electron chi connectivity index (χ0n) is 64.1. The van der Waals surface area contributed by atoms with Gasteiger partial charge in [-0.2, -0.15) is 0 Å². The zero-order chi connectivity index (χ0) is 69.5. The fourth-order valence-corrected chi connectivity index (χ4v) is 10.6. The quantitative estimate of drug-likeness (QED) is 0.234. The number of thioether (sulfide) groups is 4. The Bertz CT molecular complexity index is 1430. The van der Waals surface area contributed by atoms with Crippen molar-refractivity contribution in [3.8, 4) is 0 Å². The number of ether oxygens (including phenoxy) is 4. The van der Waals surface area contributed by atoms with Crippen LogP contribution in [0.1, 0.15) is 260 Å². The molecule has 8 rings (SSSR count). The molecule has 0 aliphatic carbocycles. The SMILES string of the molecule is CC.CC.CC.CC.CC.CC.CC.CC.CC(C)C1=NCCCO1.CC(C)C1=NCCCS1.CC(C)C1CCN=CO1.CC(C)C1CCOC=N1.CC(C)C1CCSC=N1.CC(C)C1CCSC=N1.CC(C)C1CN=COC1.CC(C)C1CN=CSC1. The fourth-order valence-electron chi connectivity index (χ4n) is 7.12. The van der Waals surface area contributed by atoms with Gasteiger partial charge in [0.25, 0.3) is 0 Å². The molecule has 0 saturated heterocycles. The molecule has 12 nitrogen and oxygen atoms in total. The fraction of sp³-hybridized carbons (Fsp3) is 0.889. The van der Waals surface area contributed by atoms with E-state index in [1.165, 1.54) is 47.3 Å². The summed E-state index contributed by atoms with van der Waals surface area (Å²) in [5, 5.41) is 1.35. The van der Waals surface area contributed by atoms with E-state index < -0.39 is 0 Å². The van der Waals surface area contributed by atoms with E-state index in [1.54, 1.807) is 19.2 Å². The van der Waals surface area contributed by atoms with Gasteiger partial charge in [0.15, 0.2) is 25.1 Å². The summed E-state index contributed by atoms with van der Waals surface area (Å²) in [5.41, 5.74) is 5.96. The van der Waals surface area contributed by atoms with Gasteiger partial charge in [-0.1, -0.05) is 222 Å². The molecule has 8 aliphatic heterocycles. The van der Waals surface area contributed by atoms with Crippen LogP contribution in [-0.2, 0) is 18.9 Å². The summed E-state index contributed by atoms with van der Waals surface area (Å²) < 4.78 is 20.5. The predicted octanol–water partition coefficient (Wildman–Crippen LogP) is 22.5. The molecule has 0 radical (unpaired) electrons. The highest BCUT2D eigenvalue weighted by Gasteiger charge is 2.18. The summed E-state index contributed by atoms with van der Waals surface area (Å²) in [6.07, 6.45) is 12.1. The zero-order valence-corrected chi connectivity index (χ0v) is 67.4. The largest absolute Gasteiger partial charge is 0.483 e. The van der Waals surface area contributed by atoms with Crippen molar-refractivity contribution >= 4 is 93.8 Å². The van der Waals surface area contributed by atoms with Crippen LogP contribution in [0.25, 0.3) is 0 Å². The second-order valence-corrected chi connectivity index (χ2v) is 25.6. The number of hydrogen-bond acceptors (Lipinski definition) is 16. The molecule has 6 atom stereocenters. The first-order chi connectivity index (χ1) is 42.4. The van der Waals surface area contributed by atoms with Crippen molar-refractivity contribution in [3.63, 3.8) is 0 Å². The van der Waals surface area contributed by atoms with Crippen molar-refractivity contribution in [2.24, 2.45) is 99.1 Å². The standard InChI is InChI=1S/4C7H13NO.4C7H13NS.8C2H6/c1-6(2)7-3-8-5-9-4-7;1-6(2)7-3-4-9-5-8-7;1-6(2)7-3-4-8-5-9-7;1-6(2)7-8-4-3-5-9-7;1-6(2)7-3-8-5-9-4-7;2*1-6(2)7-3-4-9-5-8-7;1-6(2)7-8-4-3-5-9-7;8*1-2/h3*5-7H,3-4H2,1-2H3;6H,3-5H2,1-2H3;3*5-7H,3-4H2,1-2H3;6H,3-5H2,1-2H3;8*1-2H3. The molecule has 0 spiro atoms. The highest BCUT2D eigenvalue weighted by Crippen LogP contribution is 2.22. The van der Waals surface area contributed by atoms with Gasteiger partial charge < -0.3 is 18.9 Å². The molecule has 0 N–H and O–H groups in total. The minimum Gasteiger partial charge on any atom is -0.483 e. The summed E-state index contributed by atoms with van der Waals surface area (Å²) >= 11 is 7.41. The molecule has 0 bridgehead atoms. The second-order valence-electron chi connectivity index (χ2n) is 21.7. The molecule has 0 amide bonds. The summed E-state index contributed by atoms with van der Waals surface area (Å²) in [6.45, 7) is 74.7. The monoisotopic (exact) mass is 1320 g/mol. The smallest absolute Gasteiger partial charge is 0.185 e. The normalized spacial score (nSPS) is 21.0. The Morgan fingerprint density at radius 3 is 1.15 bits per heavy atom. The molecule has 0 fully saturated rings. The molecule has 0 aromatic carbocycles. The molecule has 0 saturated carbocycles. The van der Waals surface area contributed by atoms with Crippen LogP contribution < -0.4 is 0 Å². The molecular formula is C72H152N8O4S4. The first-order valence-electron chi connectivity index (χ1n) is 35.5. The topological polar surface area (TPSA) is 136 Å². The molecule has 6 unspecified atom stereocenters. The van der Waals surface area contributed by atoms with E-state index in [0.717, 1.165) is 101 Å². The van der Waals surface area contributed by atoms with E-state index in [0.29, 0.717) is 59.7 Å². The van der Waals surface area contributed by atoms with Crippen molar-refractivity contribution in [2.75, 3.05) is 75.6 Å². The highest BCUT2D eigenvalue weighted by atomic mass is 32.2. The Hall–Kier alpha value is -2.04. The molecule has 16 heteroatoms. The summed E-state index contributed by atoms with van der Waals surface area (Å²) in [7, 11) is 0. The van der Waals surface area contributed by atoms with Crippen LogP contribution in [0.5, 0.6) is 0 Å². The van der Waals surface area contributed by atoms with Gasteiger partial charge in [0, 0.05) is 92.8 Å². The lowest BCUT2D eigenvalue weighted by Crippen LogP contribution is -2.23. The van der Waals surface area contributed by atoms with Gasteiger partial charge in [0.2, 0.25) is 0 Å². The Morgan fingerprint density at radius 2 is 0.909 bits per heavy atom. The first kappa shape index (κ1) is 102. The average molecular weight is 1320 g/mol. The first-order valence-corrected chi connectivity index (χ1v) is 39.6. The minimum absolute atomic E-state index is 0.405. The number of nitrogens with zero attached hydrogens (tertiary/aromatic N) is 8. The summed E-state index contributed by atoms with van der Waals surface area (Å²) in [6, 6.07) is 1.70. The molecule has 528 valence electrons. The van der Waals surface area contributed by atoms with Gasteiger partial charge in [0.1, 0.15) is 6.10 Å². The van der Waals surface area contributed by atoms with E-state index in [9.17, 15) is 0 Å². The van der Waals surface area contributed by atoms with E-state index in [2.05, 4.69) is 151 Å². The second kappa shape index (κ2) is 81.1. The Morgan fingerprint density at radius 1 is 0.409 bits per heavy atom. The molecule has 0 aromatic rings. The van der Waals surface area contributed by atoms with Crippen LogP contribution in [0.2, 0.25) is 0 Å². The Balaban J connectivity index is -0.000000134. The lowest BCUT2D eigenvalue weighted by atomic mass is 9.97. The number of rotatable bonds is 8. The van der Waals surface area contributed by atoms with Gasteiger partial charge in [-0.05, 0) is 60.7 Å². The van der Waals surface area contributed by atoms with Crippen molar-refractivity contribution < 1.29 is 18.9 Å². The third kappa shape index (κ3) is 65.5. The molecule has 8 aliphatic rings. The van der Waals surface area contributed by atoms with Crippen LogP contribution in [0, 0.1) is 59.2 Å². The minimum atomic E-state index is 0.405. The number of hydrogen-bond donors (Lipinski definition) is 0. The maximum atomic E-state index is 5.29. The molecule has 0 aromatic heterocycles. The number of aliphatic imine (C=N–C) groups is 8. The lowest BCUT2D eigenvalue weighted by Gasteiger charge is -2.21. The van der Waals surface area contributed by atoms with Crippen LogP contribution in [-0.4, -0.2) is 147 Å². The van der Waals surface area contributed by atoms with Crippen LogP contribution in [0.3, 0.4) is 0 Å². The van der Waals surface area contributed by atoms with Crippen molar-refractivity contribution in [1.82, 2.24) is 0 Å².